The number of rotatable bonds is 5. The Labute approximate surface area is 167 Å². The van der Waals surface area contributed by atoms with Crippen molar-refractivity contribution in [1.82, 2.24) is 15.5 Å². The van der Waals surface area contributed by atoms with Crippen molar-refractivity contribution in [3.63, 3.8) is 0 Å². The molecule has 1 atom stereocenters. The monoisotopic (exact) mass is 419 g/mol. The fraction of sp³-hybridized carbons (Fsp3) is 0.556. The number of benzene rings is 1. The highest BCUT2D eigenvalue weighted by atomic mass is 35.5. The van der Waals surface area contributed by atoms with Crippen LogP contribution in [-0.4, -0.2) is 69.3 Å². The van der Waals surface area contributed by atoms with Crippen LogP contribution in [0.3, 0.4) is 0 Å². The summed E-state index contributed by atoms with van der Waals surface area (Å²) in [4.78, 5) is 18.7. The number of amides is 1. The summed E-state index contributed by atoms with van der Waals surface area (Å²) in [6, 6.07) is 7.69. The number of alkyl halides is 3. The topological polar surface area (TPSA) is 60.0 Å². The average Bonchev–Trinajstić information content (AvgIpc) is 2.64. The molecule has 0 bridgehead atoms. The molecule has 1 amide bonds. The quantitative estimate of drug-likeness (QED) is 0.568. The van der Waals surface area contributed by atoms with E-state index in [-0.39, 0.29) is 12.6 Å². The Hall–Kier alpha value is -2.16. The number of anilines is 1. The van der Waals surface area contributed by atoms with Gasteiger partial charge in [-0.2, -0.15) is 13.2 Å². The van der Waals surface area contributed by atoms with Crippen LogP contribution in [0.15, 0.2) is 29.3 Å². The van der Waals surface area contributed by atoms with Gasteiger partial charge in [0.1, 0.15) is 6.54 Å². The number of aliphatic imine (C=N–C) groups is 1. The van der Waals surface area contributed by atoms with Crippen LogP contribution in [0, 0.1) is 0 Å². The maximum atomic E-state index is 12.4. The van der Waals surface area contributed by atoms with Crippen molar-refractivity contribution in [2.45, 2.75) is 25.1 Å². The minimum atomic E-state index is -4.42. The molecule has 1 aliphatic rings. The lowest BCUT2D eigenvalue weighted by atomic mass is 10.0. The van der Waals surface area contributed by atoms with Gasteiger partial charge in [-0.25, -0.2) is 0 Å². The first-order valence-corrected chi connectivity index (χ1v) is 9.35. The predicted octanol–water partition coefficient (Wildman–Crippen LogP) is 2.49. The molecule has 1 aromatic rings. The van der Waals surface area contributed by atoms with Crippen LogP contribution in [0.1, 0.15) is 12.8 Å². The number of nitrogens with zero attached hydrogens (tertiary/aromatic N) is 3. The molecule has 0 aromatic heterocycles. The second-order valence-corrected chi connectivity index (χ2v) is 7.08. The number of carbonyl (C=O) groups excluding carboxylic acids is 1. The van der Waals surface area contributed by atoms with Crippen molar-refractivity contribution in [2.75, 3.05) is 45.2 Å². The van der Waals surface area contributed by atoms with E-state index in [0.29, 0.717) is 22.4 Å². The first kappa shape index (κ1) is 22.1. The van der Waals surface area contributed by atoms with Crippen molar-refractivity contribution in [2.24, 2.45) is 4.99 Å². The van der Waals surface area contributed by atoms with Gasteiger partial charge in [0, 0.05) is 33.2 Å². The van der Waals surface area contributed by atoms with E-state index in [0.717, 1.165) is 32.1 Å². The average molecular weight is 420 g/mol. The fourth-order valence-corrected chi connectivity index (χ4v) is 3.32. The Balaban J connectivity index is 1.87. The van der Waals surface area contributed by atoms with Crippen LogP contribution in [0.2, 0.25) is 5.02 Å². The van der Waals surface area contributed by atoms with E-state index in [1.165, 1.54) is 0 Å². The molecule has 0 saturated carbocycles. The van der Waals surface area contributed by atoms with E-state index in [4.69, 9.17) is 11.6 Å². The van der Waals surface area contributed by atoms with E-state index < -0.39 is 18.6 Å². The summed E-state index contributed by atoms with van der Waals surface area (Å²) in [7, 11) is 2.67. The molecule has 0 radical (unpaired) electrons. The molecule has 1 aliphatic heterocycles. The maximum absolute atomic E-state index is 12.4. The predicted molar refractivity (Wildman–Crippen MR) is 105 cm³/mol. The Morgan fingerprint density at radius 2 is 2.11 bits per heavy atom. The van der Waals surface area contributed by atoms with E-state index >= 15 is 0 Å². The molecule has 1 heterocycles. The number of likely N-dealkylation sites (N-methyl/N-ethyl adjacent to an activating group) is 1. The van der Waals surface area contributed by atoms with Gasteiger partial charge in [-0.3, -0.25) is 9.79 Å². The van der Waals surface area contributed by atoms with Gasteiger partial charge in [-0.1, -0.05) is 23.7 Å². The standard InChI is InChI=1S/C18H25ClF3N5O/c1-23-17(24-10-16(28)26(2)12-18(20,21)22)25-13-6-5-9-27(11-13)15-8-4-3-7-14(15)19/h3-4,7-8,13H,5-6,9-12H2,1-2H3,(H2,23,24,25). The SMILES string of the molecule is CN=C(NCC(=O)N(C)CC(F)(F)F)NC1CCCN(c2ccccc2Cl)C1. The highest BCUT2D eigenvalue weighted by Gasteiger charge is 2.31. The lowest BCUT2D eigenvalue weighted by molar-refractivity contribution is -0.157. The van der Waals surface area contributed by atoms with E-state index in [1.807, 2.05) is 24.3 Å². The second kappa shape index (κ2) is 9.86. The summed E-state index contributed by atoms with van der Waals surface area (Å²) in [5.74, 6) is -0.290. The van der Waals surface area contributed by atoms with Gasteiger partial charge >= 0.3 is 6.18 Å². The minimum absolute atomic E-state index is 0.0687. The van der Waals surface area contributed by atoms with Gasteiger partial charge in [0.15, 0.2) is 5.96 Å². The van der Waals surface area contributed by atoms with Crippen LogP contribution in [0.5, 0.6) is 0 Å². The number of guanidine groups is 1. The van der Waals surface area contributed by atoms with Gasteiger partial charge in [-0.05, 0) is 25.0 Å². The summed E-state index contributed by atoms with van der Waals surface area (Å²) in [6.45, 7) is 0.0309. The van der Waals surface area contributed by atoms with E-state index in [2.05, 4.69) is 20.5 Å². The minimum Gasteiger partial charge on any atom is -0.368 e. The molecule has 1 aromatic carbocycles. The van der Waals surface area contributed by atoms with Gasteiger partial charge in [-0.15, -0.1) is 0 Å². The third-order valence-electron chi connectivity index (χ3n) is 4.43. The fourth-order valence-electron chi connectivity index (χ4n) is 3.06. The van der Waals surface area contributed by atoms with Crippen LogP contribution in [0.25, 0.3) is 0 Å². The number of piperidine rings is 1. The molecular formula is C18H25ClF3N5O. The number of para-hydroxylation sites is 1. The van der Waals surface area contributed by atoms with Gasteiger partial charge < -0.3 is 20.4 Å². The van der Waals surface area contributed by atoms with Gasteiger partial charge in [0.05, 0.1) is 17.3 Å². The Bertz CT molecular complexity index is 698. The molecule has 6 nitrogen and oxygen atoms in total. The van der Waals surface area contributed by atoms with Gasteiger partial charge in [0.2, 0.25) is 5.91 Å². The zero-order valence-corrected chi connectivity index (χ0v) is 16.6. The lowest BCUT2D eigenvalue weighted by Gasteiger charge is -2.35. The smallest absolute Gasteiger partial charge is 0.368 e. The zero-order chi connectivity index (χ0) is 20.7. The van der Waals surface area contributed by atoms with Crippen molar-refractivity contribution in [1.29, 1.82) is 0 Å². The van der Waals surface area contributed by atoms with E-state index in [9.17, 15) is 18.0 Å². The number of hydrogen-bond donors (Lipinski definition) is 2. The van der Waals surface area contributed by atoms with Crippen LogP contribution >= 0.6 is 11.6 Å². The normalized spacial score (nSPS) is 18.0. The number of halogens is 4. The van der Waals surface area contributed by atoms with Gasteiger partial charge in [0.25, 0.3) is 0 Å². The summed E-state index contributed by atoms with van der Waals surface area (Å²) in [5, 5.41) is 6.70. The van der Waals surface area contributed by atoms with Crippen LogP contribution in [0.4, 0.5) is 18.9 Å². The summed E-state index contributed by atoms with van der Waals surface area (Å²) >= 11 is 6.28. The summed E-state index contributed by atoms with van der Waals surface area (Å²) in [5.41, 5.74) is 0.961. The van der Waals surface area contributed by atoms with E-state index in [1.54, 1.807) is 7.05 Å². The first-order valence-electron chi connectivity index (χ1n) is 8.97. The number of hydrogen-bond acceptors (Lipinski definition) is 3. The second-order valence-electron chi connectivity index (χ2n) is 6.67. The number of nitrogens with one attached hydrogen (secondary N) is 2. The van der Waals surface area contributed by atoms with Crippen molar-refractivity contribution >= 4 is 29.2 Å². The molecule has 0 spiro atoms. The third-order valence-corrected chi connectivity index (χ3v) is 4.75. The molecule has 10 heteroatoms. The molecule has 1 saturated heterocycles. The lowest BCUT2D eigenvalue weighted by Crippen LogP contribution is -2.52. The Kier molecular flexibility index (Phi) is 7.79. The summed E-state index contributed by atoms with van der Waals surface area (Å²) < 4.78 is 37.1. The maximum Gasteiger partial charge on any atom is 0.406 e. The first-order chi connectivity index (χ1) is 13.2. The zero-order valence-electron chi connectivity index (χ0n) is 15.9. The van der Waals surface area contributed by atoms with Crippen molar-refractivity contribution < 1.29 is 18.0 Å². The molecule has 156 valence electrons. The third kappa shape index (κ3) is 6.78. The molecule has 0 aliphatic carbocycles. The Morgan fingerprint density at radius 3 is 2.75 bits per heavy atom. The van der Waals surface area contributed by atoms with Crippen molar-refractivity contribution in [3.05, 3.63) is 29.3 Å². The van der Waals surface area contributed by atoms with Crippen LogP contribution in [-0.2, 0) is 4.79 Å². The molecule has 2 rings (SSSR count). The molecule has 28 heavy (non-hydrogen) atoms. The molecular weight excluding hydrogens is 395 g/mol. The Morgan fingerprint density at radius 1 is 1.39 bits per heavy atom. The number of carbonyl (C=O) groups is 1. The highest BCUT2D eigenvalue weighted by Crippen LogP contribution is 2.27. The molecule has 1 fully saturated rings. The largest absolute Gasteiger partial charge is 0.406 e. The molecule has 1 unspecified atom stereocenters. The summed E-state index contributed by atoms with van der Waals surface area (Å²) in [6.07, 6.45) is -2.56. The molecule has 2 N–H and O–H groups in total. The van der Waals surface area contributed by atoms with Crippen molar-refractivity contribution in [3.8, 4) is 0 Å². The van der Waals surface area contributed by atoms with Crippen LogP contribution < -0.4 is 15.5 Å². The highest BCUT2D eigenvalue weighted by molar-refractivity contribution is 6.33.